The highest BCUT2D eigenvalue weighted by Crippen LogP contribution is 2.29. The highest BCUT2D eigenvalue weighted by atomic mass is 19.4. The Morgan fingerprint density at radius 1 is 0.857 bits per heavy atom. The van der Waals surface area contributed by atoms with Crippen LogP contribution in [-0.4, -0.2) is 9.97 Å². The van der Waals surface area contributed by atoms with Gasteiger partial charge in [-0.15, -0.1) is 0 Å². The molecule has 0 N–H and O–H groups in total. The first kappa shape index (κ1) is 13.4. The third-order valence-electron chi connectivity index (χ3n) is 2.89. The van der Waals surface area contributed by atoms with E-state index in [0.717, 1.165) is 10.8 Å². The van der Waals surface area contributed by atoms with Gasteiger partial charge in [0.2, 0.25) is 0 Å². The Balaban J connectivity index is 1.84. The number of hydrogen-bond donors (Lipinski definition) is 0. The highest BCUT2D eigenvalue weighted by molar-refractivity contribution is 5.83. The molecule has 0 atom stereocenters. The van der Waals surface area contributed by atoms with Crippen LogP contribution in [0.1, 0.15) is 5.56 Å². The number of hydrogen-bond acceptors (Lipinski definition) is 3. The summed E-state index contributed by atoms with van der Waals surface area (Å²) >= 11 is 0. The molecular weight excluding hydrogens is 281 g/mol. The minimum Gasteiger partial charge on any atom is -0.424 e. The van der Waals surface area contributed by atoms with Crippen molar-refractivity contribution in [3.63, 3.8) is 0 Å². The van der Waals surface area contributed by atoms with E-state index in [1.54, 1.807) is 12.1 Å². The zero-order valence-corrected chi connectivity index (χ0v) is 10.6. The van der Waals surface area contributed by atoms with Crippen molar-refractivity contribution in [2.75, 3.05) is 0 Å². The van der Waals surface area contributed by atoms with Gasteiger partial charge in [-0.25, -0.2) is 9.97 Å². The molecule has 3 nitrogen and oxygen atoms in total. The summed E-state index contributed by atoms with van der Waals surface area (Å²) in [5.74, 6) is 0.466. The van der Waals surface area contributed by atoms with E-state index in [1.807, 2.05) is 30.3 Å². The molecule has 106 valence electrons. The maximum Gasteiger partial charge on any atom is 0.419 e. The van der Waals surface area contributed by atoms with Crippen LogP contribution in [0.5, 0.6) is 11.8 Å². The van der Waals surface area contributed by atoms with E-state index < -0.39 is 11.7 Å². The van der Waals surface area contributed by atoms with Gasteiger partial charge in [0.1, 0.15) is 5.75 Å². The van der Waals surface area contributed by atoms with Crippen molar-refractivity contribution >= 4 is 10.8 Å². The molecule has 1 heterocycles. The molecule has 21 heavy (non-hydrogen) atoms. The number of aromatic nitrogens is 2. The lowest BCUT2D eigenvalue weighted by Crippen LogP contribution is -2.06. The monoisotopic (exact) mass is 290 g/mol. The second-order valence-electron chi connectivity index (χ2n) is 4.36. The van der Waals surface area contributed by atoms with Crippen molar-refractivity contribution < 1.29 is 17.9 Å². The summed E-state index contributed by atoms with van der Waals surface area (Å²) in [6.45, 7) is 0. The van der Waals surface area contributed by atoms with Gasteiger partial charge in [-0.2, -0.15) is 13.2 Å². The lowest BCUT2D eigenvalue weighted by Gasteiger charge is -2.07. The number of rotatable bonds is 2. The van der Waals surface area contributed by atoms with Crippen LogP contribution in [0.15, 0.2) is 54.9 Å². The normalized spacial score (nSPS) is 11.6. The van der Waals surface area contributed by atoms with E-state index in [1.165, 1.54) is 0 Å². The molecule has 3 aromatic rings. The topological polar surface area (TPSA) is 35.0 Å². The maximum absolute atomic E-state index is 12.4. The fourth-order valence-corrected chi connectivity index (χ4v) is 1.85. The SMILES string of the molecule is FC(F)(F)c1cnc(Oc2ccc3ccccc3c2)nc1. The lowest BCUT2D eigenvalue weighted by molar-refractivity contribution is -0.138. The highest BCUT2D eigenvalue weighted by Gasteiger charge is 2.31. The second-order valence-corrected chi connectivity index (χ2v) is 4.36. The fourth-order valence-electron chi connectivity index (χ4n) is 1.85. The first-order chi connectivity index (χ1) is 10.0. The van der Waals surface area contributed by atoms with Crippen LogP contribution in [0.25, 0.3) is 10.8 Å². The number of ether oxygens (including phenoxy) is 1. The number of alkyl halides is 3. The summed E-state index contributed by atoms with van der Waals surface area (Å²) in [5.41, 5.74) is -0.909. The first-order valence-corrected chi connectivity index (χ1v) is 6.08. The Morgan fingerprint density at radius 2 is 1.52 bits per heavy atom. The predicted octanol–water partition coefficient (Wildman–Crippen LogP) is 4.44. The molecule has 0 saturated heterocycles. The van der Waals surface area contributed by atoms with Gasteiger partial charge in [-0.05, 0) is 22.9 Å². The molecule has 6 heteroatoms. The second kappa shape index (κ2) is 5.05. The zero-order chi connectivity index (χ0) is 14.9. The van der Waals surface area contributed by atoms with Crippen molar-refractivity contribution in [2.45, 2.75) is 6.18 Å². The summed E-state index contributed by atoms with van der Waals surface area (Å²) in [4.78, 5) is 7.13. The summed E-state index contributed by atoms with van der Waals surface area (Å²) in [5, 5.41) is 2.00. The van der Waals surface area contributed by atoms with Crippen LogP contribution >= 0.6 is 0 Å². The summed E-state index contributed by atoms with van der Waals surface area (Å²) in [6, 6.07) is 12.9. The van der Waals surface area contributed by atoms with Gasteiger partial charge in [-0.1, -0.05) is 30.3 Å². The van der Waals surface area contributed by atoms with Gasteiger partial charge in [0.15, 0.2) is 0 Å². The minimum absolute atomic E-state index is 0.127. The Bertz CT molecular complexity index is 770. The standard InChI is InChI=1S/C15H9F3N2O/c16-15(17,18)12-8-19-14(20-9-12)21-13-6-5-10-3-1-2-4-11(10)7-13/h1-9H. The van der Waals surface area contributed by atoms with E-state index in [2.05, 4.69) is 9.97 Å². The van der Waals surface area contributed by atoms with Crippen molar-refractivity contribution in [2.24, 2.45) is 0 Å². The Morgan fingerprint density at radius 3 is 2.19 bits per heavy atom. The molecule has 0 saturated carbocycles. The third kappa shape index (κ3) is 2.94. The van der Waals surface area contributed by atoms with Crippen molar-refractivity contribution in [1.82, 2.24) is 9.97 Å². The van der Waals surface area contributed by atoms with Gasteiger partial charge in [0.25, 0.3) is 0 Å². The van der Waals surface area contributed by atoms with Crippen molar-refractivity contribution in [3.05, 3.63) is 60.4 Å². The molecule has 0 aliphatic carbocycles. The predicted molar refractivity (Wildman–Crippen MR) is 71.1 cm³/mol. The molecular formula is C15H9F3N2O. The van der Waals surface area contributed by atoms with Crippen LogP contribution in [0, 0.1) is 0 Å². The summed E-state index contributed by atoms with van der Waals surface area (Å²) in [6.07, 6.45) is -3.06. The molecule has 0 fully saturated rings. The molecule has 0 aliphatic rings. The molecule has 3 rings (SSSR count). The van der Waals surface area contributed by atoms with Crippen LogP contribution in [0.2, 0.25) is 0 Å². The molecule has 0 radical (unpaired) electrons. The number of benzene rings is 2. The first-order valence-electron chi connectivity index (χ1n) is 6.08. The Hall–Kier alpha value is -2.63. The smallest absolute Gasteiger partial charge is 0.419 e. The Kier molecular flexibility index (Phi) is 3.21. The minimum atomic E-state index is -4.46. The van der Waals surface area contributed by atoms with Gasteiger partial charge in [-0.3, -0.25) is 0 Å². The average Bonchev–Trinajstić information content (AvgIpc) is 2.47. The van der Waals surface area contributed by atoms with Crippen molar-refractivity contribution in [3.8, 4) is 11.8 Å². The Labute approximate surface area is 118 Å². The van der Waals surface area contributed by atoms with Crippen LogP contribution < -0.4 is 4.74 Å². The van der Waals surface area contributed by atoms with E-state index in [0.29, 0.717) is 18.1 Å². The zero-order valence-electron chi connectivity index (χ0n) is 10.6. The molecule has 1 aromatic heterocycles. The maximum atomic E-state index is 12.4. The molecule has 0 amide bonds. The van der Waals surface area contributed by atoms with Gasteiger partial charge < -0.3 is 4.74 Å². The van der Waals surface area contributed by atoms with E-state index >= 15 is 0 Å². The summed E-state index contributed by atoms with van der Waals surface area (Å²) in [7, 11) is 0. The fraction of sp³-hybridized carbons (Fsp3) is 0.0667. The summed E-state index contributed by atoms with van der Waals surface area (Å²) < 4.78 is 42.6. The van der Waals surface area contributed by atoms with E-state index in [9.17, 15) is 13.2 Å². The molecule has 0 spiro atoms. The average molecular weight is 290 g/mol. The van der Waals surface area contributed by atoms with Crippen LogP contribution in [0.4, 0.5) is 13.2 Å². The van der Waals surface area contributed by atoms with Gasteiger partial charge >= 0.3 is 12.2 Å². The number of fused-ring (bicyclic) bond motifs is 1. The van der Waals surface area contributed by atoms with Crippen LogP contribution in [-0.2, 0) is 6.18 Å². The molecule has 0 bridgehead atoms. The molecule has 0 unspecified atom stereocenters. The van der Waals surface area contributed by atoms with Crippen molar-refractivity contribution in [1.29, 1.82) is 0 Å². The molecule has 0 aliphatic heterocycles. The largest absolute Gasteiger partial charge is 0.424 e. The van der Waals surface area contributed by atoms with E-state index in [-0.39, 0.29) is 6.01 Å². The lowest BCUT2D eigenvalue weighted by atomic mass is 10.1. The van der Waals surface area contributed by atoms with Gasteiger partial charge in [0, 0.05) is 12.4 Å². The van der Waals surface area contributed by atoms with E-state index in [4.69, 9.17) is 4.74 Å². The quantitative estimate of drug-likeness (QED) is 0.699. The third-order valence-corrected chi connectivity index (χ3v) is 2.89. The number of nitrogens with zero attached hydrogens (tertiary/aromatic N) is 2. The van der Waals surface area contributed by atoms with Crippen LogP contribution in [0.3, 0.4) is 0 Å². The number of halogens is 3. The molecule has 2 aromatic carbocycles. The van der Waals surface area contributed by atoms with Gasteiger partial charge in [0.05, 0.1) is 5.56 Å².